The van der Waals surface area contributed by atoms with E-state index in [1.165, 1.54) is 38.8 Å². The van der Waals surface area contributed by atoms with Crippen molar-refractivity contribution in [2.75, 3.05) is 26.7 Å². The van der Waals surface area contributed by atoms with Crippen LogP contribution in [0.4, 0.5) is 0 Å². The number of nitrogens with zero attached hydrogens (tertiary/aromatic N) is 1. The van der Waals surface area contributed by atoms with Gasteiger partial charge in [-0.25, -0.2) is 0 Å². The molecule has 1 aromatic rings. The lowest BCUT2D eigenvalue weighted by molar-refractivity contribution is 0.0935. The molecule has 1 aromatic carbocycles. The lowest BCUT2D eigenvalue weighted by atomic mass is 9.96. The van der Waals surface area contributed by atoms with E-state index in [0.717, 1.165) is 18.3 Å². The van der Waals surface area contributed by atoms with Crippen molar-refractivity contribution in [1.82, 2.24) is 10.2 Å². The number of hydrogen-bond donors (Lipinski definition) is 1. The number of carbonyl (C=O) groups excluding carboxylic acids is 1. The Morgan fingerprint density at radius 3 is 2.43 bits per heavy atom. The zero-order valence-corrected chi connectivity index (χ0v) is 12.7. The van der Waals surface area contributed by atoms with E-state index in [0.29, 0.717) is 11.5 Å². The van der Waals surface area contributed by atoms with Gasteiger partial charge in [0, 0.05) is 18.2 Å². The number of ether oxygens (including phenoxy) is 1. The molecule has 3 rings (SSSR count). The van der Waals surface area contributed by atoms with Gasteiger partial charge in [0.1, 0.15) is 5.75 Å². The molecule has 0 bridgehead atoms. The SMILES string of the molecule is COc1ccc(C(=O)NCC2CCN(C3CC3)CC2)cc1. The molecule has 4 nitrogen and oxygen atoms in total. The lowest BCUT2D eigenvalue weighted by Crippen LogP contribution is -2.39. The Morgan fingerprint density at radius 1 is 1.19 bits per heavy atom. The molecule has 2 aliphatic rings. The molecule has 0 radical (unpaired) electrons. The quantitative estimate of drug-likeness (QED) is 0.904. The predicted molar refractivity (Wildman–Crippen MR) is 82.6 cm³/mol. The zero-order chi connectivity index (χ0) is 14.7. The Hall–Kier alpha value is -1.55. The minimum absolute atomic E-state index is 0.0160. The van der Waals surface area contributed by atoms with Gasteiger partial charge >= 0.3 is 0 Å². The second-order valence-corrected chi connectivity index (χ2v) is 6.15. The lowest BCUT2D eigenvalue weighted by Gasteiger charge is -2.32. The van der Waals surface area contributed by atoms with Crippen molar-refractivity contribution in [3.63, 3.8) is 0 Å². The Morgan fingerprint density at radius 2 is 1.86 bits per heavy atom. The molecule has 1 aliphatic heterocycles. The van der Waals surface area contributed by atoms with E-state index in [2.05, 4.69) is 10.2 Å². The van der Waals surface area contributed by atoms with Crippen molar-refractivity contribution in [2.45, 2.75) is 31.7 Å². The highest BCUT2D eigenvalue weighted by molar-refractivity contribution is 5.94. The summed E-state index contributed by atoms with van der Waals surface area (Å²) in [6, 6.07) is 8.14. The normalized spacial score (nSPS) is 20.2. The zero-order valence-electron chi connectivity index (χ0n) is 12.7. The van der Waals surface area contributed by atoms with E-state index in [1.54, 1.807) is 7.11 Å². The fourth-order valence-corrected chi connectivity index (χ4v) is 3.04. The Balaban J connectivity index is 1.42. The third kappa shape index (κ3) is 3.76. The summed E-state index contributed by atoms with van der Waals surface area (Å²) >= 11 is 0. The molecule has 21 heavy (non-hydrogen) atoms. The minimum atomic E-state index is 0.0160. The first-order valence-corrected chi connectivity index (χ1v) is 7.92. The van der Waals surface area contributed by atoms with Crippen LogP contribution in [-0.4, -0.2) is 43.6 Å². The topological polar surface area (TPSA) is 41.6 Å². The van der Waals surface area contributed by atoms with Crippen LogP contribution in [0.1, 0.15) is 36.0 Å². The largest absolute Gasteiger partial charge is 0.497 e. The van der Waals surface area contributed by atoms with Gasteiger partial charge in [0.05, 0.1) is 7.11 Å². The van der Waals surface area contributed by atoms with Crippen LogP contribution in [-0.2, 0) is 0 Å². The van der Waals surface area contributed by atoms with Gasteiger partial charge in [0.2, 0.25) is 0 Å². The summed E-state index contributed by atoms with van der Waals surface area (Å²) in [6.45, 7) is 3.20. The van der Waals surface area contributed by atoms with E-state index in [-0.39, 0.29) is 5.91 Å². The number of nitrogens with one attached hydrogen (secondary N) is 1. The molecule has 1 aliphatic carbocycles. The molecule has 114 valence electrons. The fourth-order valence-electron chi connectivity index (χ4n) is 3.04. The molecule has 4 heteroatoms. The van der Waals surface area contributed by atoms with Gasteiger partial charge in [-0.15, -0.1) is 0 Å². The molecule has 1 saturated heterocycles. The summed E-state index contributed by atoms with van der Waals surface area (Å²) in [5.74, 6) is 1.42. The molecule has 1 heterocycles. The van der Waals surface area contributed by atoms with Gasteiger partial charge in [0.25, 0.3) is 5.91 Å². The molecule has 0 unspecified atom stereocenters. The van der Waals surface area contributed by atoms with Crippen molar-refractivity contribution in [1.29, 1.82) is 0 Å². The highest BCUT2D eigenvalue weighted by Crippen LogP contribution is 2.30. The van der Waals surface area contributed by atoms with Gasteiger partial charge in [-0.3, -0.25) is 4.79 Å². The average molecular weight is 288 g/mol. The van der Waals surface area contributed by atoms with Crippen molar-refractivity contribution < 1.29 is 9.53 Å². The first kappa shape index (κ1) is 14.4. The van der Waals surface area contributed by atoms with Crippen LogP contribution < -0.4 is 10.1 Å². The molecule has 1 saturated carbocycles. The molecule has 0 spiro atoms. The van der Waals surface area contributed by atoms with Crippen molar-refractivity contribution in [3.8, 4) is 5.75 Å². The van der Waals surface area contributed by atoms with Crippen LogP contribution in [0, 0.1) is 5.92 Å². The van der Waals surface area contributed by atoms with Crippen molar-refractivity contribution >= 4 is 5.91 Å². The van der Waals surface area contributed by atoms with Gasteiger partial charge in [0.15, 0.2) is 0 Å². The molecule has 0 aromatic heterocycles. The number of benzene rings is 1. The van der Waals surface area contributed by atoms with Crippen LogP contribution in [0.2, 0.25) is 0 Å². The highest BCUT2D eigenvalue weighted by atomic mass is 16.5. The maximum Gasteiger partial charge on any atom is 0.251 e. The summed E-state index contributed by atoms with van der Waals surface area (Å²) in [5, 5.41) is 3.07. The molecule has 1 N–H and O–H groups in total. The molecular weight excluding hydrogens is 264 g/mol. The number of piperidine rings is 1. The monoisotopic (exact) mass is 288 g/mol. The maximum atomic E-state index is 12.1. The summed E-state index contributed by atoms with van der Waals surface area (Å²) in [4.78, 5) is 14.7. The van der Waals surface area contributed by atoms with E-state index >= 15 is 0 Å². The summed E-state index contributed by atoms with van der Waals surface area (Å²) in [6.07, 6.45) is 5.19. The molecule has 0 atom stereocenters. The third-order valence-electron chi connectivity index (χ3n) is 4.62. The molecular formula is C17H24N2O2. The fraction of sp³-hybridized carbons (Fsp3) is 0.588. The Bertz CT molecular complexity index is 474. The highest BCUT2D eigenvalue weighted by Gasteiger charge is 2.31. The maximum absolute atomic E-state index is 12.1. The van der Waals surface area contributed by atoms with E-state index in [9.17, 15) is 4.79 Å². The average Bonchev–Trinajstić information content (AvgIpc) is 3.38. The second-order valence-electron chi connectivity index (χ2n) is 6.15. The number of carbonyl (C=O) groups is 1. The van der Waals surface area contributed by atoms with Crippen LogP contribution in [0.15, 0.2) is 24.3 Å². The smallest absolute Gasteiger partial charge is 0.251 e. The Labute approximate surface area is 126 Å². The number of methoxy groups -OCH3 is 1. The standard InChI is InChI=1S/C17H24N2O2/c1-21-16-6-2-14(3-7-16)17(20)18-12-13-8-10-19(11-9-13)15-4-5-15/h2-3,6-7,13,15H,4-5,8-12H2,1H3,(H,18,20). The van der Waals surface area contributed by atoms with Crippen LogP contribution in [0.5, 0.6) is 5.75 Å². The summed E-state index contributed by atoms with van der Waals surface area (Å²) < 4.78 is 5.10. The van der Waals surface area contributed by atoms with E-state index in [1.807, 2.05) is 24.3 Å². The summed E-state index contributed by atoms with van der Waals surface area (Å²) in [5.41, 5.74) is 0.700. The molecule has 1 amide bonds. The predicted octanol–water partition coefficient (Wildman–Crippen LogP) is 2.30. The number of hydrogen-bond acceptors (Lipinski definition) is 3. The van der Waals surface area contributed by atoms with E-state index in [4.69, 9.17) is 4.74 Å². The van der Waals surface area contributed by atoms with Gasteiger partial charge in [-0.2, -0.15) is 0 Å². The number of rotatable bonds is 5. The van der Waals surface area contributed by atoms with Crippen LogP contribution >= 0.6 is 0 Å². The first-order valence-electron chi connectivity index (χ1n) is 7.92. The van der Waals surface area contributed by atoms with Gasteiger partial charge in [-0.05, 0) is 69.0 Å². The van der Waals surface area contributed by atoms with Crippen LogP contribution in [0.25, 0.3) is 0 Å². The van der Waals surface area contributed by atoms with Crippen molar-refractivity contribution in [2.24, 2.45) is 5.92 Å². The van der Waals surface area contributed by atoms with E-state index < -0.39 is 0 Å². The summed E-state index contributed by atoms with van der Waals surface area (Å²) in [7, 11) is 1.63. The third-order valence-corrected chi connectivity index (χ3v) is 4.62. The minimum Gasteiger partial charge on any atom is -0.497 e. The number of amides is 1. The van der Waals surface area contributed by atoms with Gasteiger partial charge < -0.3 is 15.0 Å². The first-order chi connectivity index (χ1) is 10.3. The van der Waals surface area contributed by atoms with Gasteiger partial charge in [-0.1, -0.05) is 0 Å². The Kier molecular flexibility index (Phi) is 4.44. The molecule has 2 fully saturated rings. The number of likely N-dealkylation sites (tertiary alicyclic amines) is 1. The second kappa shape index (κ2) is 6.48. The van der Waals surface area contributed by atoms with Crippen LogP contribution in [0.3, 0.4) is 0 Å². The van der Waals surface area contributed by atoms with Crippen molar-refractivity contribution in [3.05, 3.63) is 29.8 Å².